The smallest absolute Gasteiger partial charge is 0.354 e. The predicted molar refractivity (Wildman–Crippen MR) is 123 cm³/mol. The topological polar surface area (TPSA) is 101 Å². The van der Waals surface area contributed by atoms with Crippen molar-refractivity contribution in [3.8, 4) is 0 Å². The van der Waals surface area contributed by atoms with Gasteiger partial charge in [0.15, 0.2) is 0 Å². The number of anilines is 3. The van der Waals surface area contributed by atoms with Gasteiger partial charge in [0, 0.05) is 17.8 Å². The number of fused-ring (bicyclic) bond motifs is 1. The van der Waals surface area contributed by atoms with Crippen LogP contribution in [0.3, 0.4) is 0 Å². The molecule has 0 fully saturated rings. The van der Waals surface area contributed by atoms with Crippen molar-refractivity contribution in [1.82, 2.24) is 0 Å². The van der Waals surface area contributed by atoms with E-state index in [-0.39, 0.29) is 22.0 Å². The van der Waals surface area contributed by atoms with E-state index in [9.17, 15) is 31.7 Å². The first-order valence-corrected chi connectivity index (χ1v) is 11.3. The Balaban J connectivity index is 1.72. The molecule has 0 aliphatic heterocycles. The number of rotatable bonds is 6. The maximum atomic E-state index is 13.1. The Kier molecular flexibility index (Phi) is 5.88. The molecule has 0 bridgehead atoms. The van der Waals surface area contributed by atoms with Crippen molar-refractivity contribution in [3.63, 3.8) is 0 Å². The van der Waals surface area contributed by atoms with Gasteiger partial charge in [-0.2, -0.15) is 13.2 Å². The molecule has 4 rings (SSSR count). The molecule has 0 saturated carbocycles. The number of halogens is 3. The Morgan fingerprint density at radius 2 is 1.53 bits per heavy atom. The SMILES string of the molecule is O=[N+]([O-])c1ccc(Nc2cccc(C(F)(F)F)c2)c(NS(=O)(=O)c2ccc3ccccc3c2)c1. The van der Waals surface area contributed by atoms with Gasteiger partial charge < -0.3 is 5.32 Å². The summed E-state index contributed by atoms with van der Waals surface area (Å²) in [6.07, 6.45) is -4.58. The van der Waals surface area contributed by atoms with Gasteiger partial charge in [0.1, 0.15) is 0 Å². The van der Waals surface area contributed by atoms with Gasteiger partial charge in [-0.3, -0.25) is 14.8 Å². The summed E-state index contributed by atoms with van der Waals surface area (Å²) in [5.74, 6) is 0. The first-order valence-electron chi connectivity index (χ1n) is 9.77. The van der Waals surface area contributed by atoms with Gasteiger partial charge in [0.2, 0.25) is 0 Å². The number of hydrogen-bond acceptors (Lipinski definition) is 5. The summed E-state index contributed by atoms with van der Waals surface area (Å²) in [6.45, 7) is 0. The lowest BCUT2D eigenvalue weighted by molar-refractivity contribution is -0.384. The number of nitrogens with zero attached hydrogens (tertiary/aromatic N) is 1. The maximum Gasteiger partial charge on any atom is 0.416 e. The highest BCUT2D eigenvalue weighted by Gasteiger charge is 2.30. The Morgan fingerprint density at radius 1 is 0.794 bits per heavy atom. The normalized spacial score (nSPS) is 11.9. The molecule has 4 aromatic carbocycles. The van der Waals surface area contributed by atoms with Crippen LogP contribution >= 0.6 is 0 Å². The Labute approximate surface area is 192 Å². The number of nitro benzene ring substituents is 1. The summed E-state index contributed by atoms with van der Waals surface area (Å²) in [4.78, 5) is 10.5. The third-order valence-electron chi connectivity index (χ3n) is 4.96. The van der Waals surface area contributed by atoms with Crippen molar-refractivity contribution in [2.75, 3.05) is 10.0 Å². The zero-order valence-electron chi connectivity index (χ0n) is 17.2. The highest BCUT2D eigenvalue weighted by atomic mass is 32.2. The van der Waals surface area contributed by atoms with Crippen LogP contribution in [0.4, 0.5) is 35.9 Å². The van der Waals surface area contributed by atoms with Crippen LogP contribution in [0.15, 0.2) is 89.8 Å². The van der Waals surface area contributed by atoms with E-state index in [4.69, 9.17) is 0 Å². The van der Waals surface area contributed by atoms with Gasteiger partial charge >= 0.3 is 6.18 Å². The van der Waals surface area contributed by atoms with E-state index in [0.717, 1.165) is 29.7 Å². The van der Waals surface area contributed by atoms with Crippen molar-refractivity contribution >= 4 is 43.5 Å². The molecule has 4 aromatic rings. The molecule has 0 heterocycles. The highest BCUT2D eigenvalue weighted by Crippen LogP contribution is 2.35. The molecule has 11 heteroatoms. The number of nitrogens with one attached hydrogen (secondary N) is 2. The van der Waals surface area contributed by atoms with Gasteiger partial charge in [0.25, 0.3) is 15.7 Å². The molecule has 0 saturated heterocycles. The maximum absolute atomic E-state index is 13.1. The summed E-state index contributed by atoms with van der Waals surface area (Å²) in [7, 11) is -4.19. The Morgan fingerprint density at radius 3 is 2.24 bits per heavy atom. The van der Waals surface area contributed by atoms with Crippen molar-refractivity contribution in [1.29, 1.82) is 0 Å². The zero-order valence-corrected chi connectivity index (χ0v) is 18.0. The number of benzene rings is 4. The van der Waals surface area contributed by atoms with Gasteiger partial charge in [-0.15, -0.1) is 0 Å². The lowest BCUT2D eigenvalue weighted by Gasteiger charge is -2.16. The van der Waals surface area contributed by atoms with Crippen LogP contribution in [-0.2, 0) is 16.2 Å². The van der Waals surface area contributed by atoms with Crippen molar-refractivity contribution in [2.45, 2.75) is 11.1 Å². The van der Waals surface area contributed by atoms with E-state index in [2.05, 4.69) is 10.0 Å². The number of alkyl halides is 3. The van der Waals surface area contributed by atoms with Gasteiger partial charge in [0.05, 0.1) is 26.8 Å². The summed E-state index contributed by atoms with van der Waals surface area (Å²) in [5.41, 5.74) is -1.44. The number of sulfonamides is 1. The first kappa shape index (κ1) is 23.1. The molecule has 0 spiro atoms. The van der Waals surface area contributed by atoms with Crippen LogP contribution in [-0.4, -0.2) is 13.3 Å². The van der Waals surface area contributed by atoms with Crippen LogP contribution < -0.4 is 10.0 Å². The lowest BCUT2D eigenvalue weighted by Crippen LogP contribution is -2.14. The van der Waals surface area contributed by atoms with E-state index < -0.39 is 32.4 Å². The molecule has 0 atom stereocenters. The van der Waals surface area contributed by atoms with Crippen LogP contribution in [0, 0.1) is 10.1 Å². The monoisotopic (exact) mass is 487 g/mol. The van der Waals surface area contributed by atoms with Crippen molar-refractivity contribution in [3.05, 3.63) is 101 Å². The van der Waals surface area contributed by atoms with Crippen LogP contribution in [0.1, 0.15) is 5.56 Å². The Bertz CT molecular complexity index is 1510. The molecular weight excluding hydrogens is 471 g/mol. The molecule has 0 radical (unpaired) electrons. The van der Waals surface area contributed by atoms with Crippen LogP contribution in [0.5, 0.6) is 0 Å². The first-order chi connectivity index (χ1) is 16.0. The molecule has 174 valence electrons. The molecule has 0 aliphatic rings. The zero-order chi connectivity index (χ0) is 24.5. The largest absolute Gasteiger partial charge is 0.416 e. The van der Waals surface area contributed by atoms with Crippen LogP contribution in [0.25, 0.3) is 10.8 Å². The summed E-state index contributed by atoms with van der Waals surface area (Å²) < 4.78 is 67.6. The molecule has 0 amide bonds. The van der Waals surface area contributed by atoms with E-state index in [1.54, 1.807) is 18.2 Å². The van der Waals surface area contributed by atoms with Gasteiger partial charge in [-0.1, -0.05) is 36.4 Å². The Hall–Kier alpha value is -4.12. The second-order valence-electron chi connectivity index (χ2n) is 7.31. The molecule has 2 N–H and O–H groups in total. The van der Waals surface area contributed by atoms with E-state index in [0.29, 0.717) is 5.39 Å². The molecule has 7 nitrogen and oxygen atoms in total. The fourth-order valence-corrected chi connectivity index (χ4v) is 4.41. The lowest BCUT2D eigenvalue weighted by atomic mass is 10.1. The minimum absolute atomic E-state index is 0.0230. The second-order valence-corrected chi connectivity index (χ2v) is 8.99. The molecule has 34 heavy (non-hydrogen) atoms. The highest BCUT2D eigenvalue weighted by molar-refractivity contribution is 7.92. The van der Waals surface area contributed by atoms with Crippen molar-refractivity contribution < 1.29 is 26.5 Å². The average molecular weight is 487 g/mol. The minimum Gasteiger partial charge on any atom is -0.354 e. The standard InChI is InChI=1S/C23H16F3N3O4S/c24-23(25,26)17-6-3-7-18(13-17)27-21-11-9-19(29(30)31)14-22(21)28-34(32,33)20-10-8-15-4-1-2-5-16(15)12-20/h1-14,27-28H. The van der Waals surface area contributed by atoms with Crippen molar-refractivity contribution in [2.24, 2.45) is 0 Å². The van der Waals surface area contributed by atoms with Gasteiger partial charge in [-0.05, 0) is 47.2 Å². The summed E-state index contributed by atoms with van der Waals surface area (Å²) >= 11 is 0. The number of non-ortho nitro benzene ring substituents is 1. The number of hydrogen-bond donors (Lipinski definition) is 2. The third kappa shape index (κ3) is 4.94. The summed E-state index contributed by atoms with van der Waals surface area (Å²) in [6, 6.07) is 19.2. The average Bonchev–Trinajstić information content (AvgIpc) is 2.79. The van der Waals surface area contributed by atoms with Gasteiger partial charge in [-0.25, -0.2) is 8.42 Å². The fourth-order valence-electron chi connectivity index (χ4n) is 3.31. The predicted octanol–water partition coefficient (Wildman–Crippen LogP) is 6.31. The third-order valence-corrected chi connectivity index (χ3v) is 6.32. The van der Waals surface area contributed by atoms with Crippen LogP contribution in [0.2, 0.25) is 0 Å². The molecule has 0 aromatic heterocycles. The second kappa shape index (κ2) is 8.67. The van der Waals surface area contributed by atoms with E-state index in [1.807, 2.05) is 12.1 Å². The molecule has 0 aliphatic carbocycles. The molecular formula is C23H16F3N3O4S. The molecule has 0 unspecified atom stereocenters. The minimum atomic E-state index is -4.58. The van der Waals surface area contributed by atoms with E-state index >= 15 is 0 Å². The quantitative estimate of drug-likeness (QED) is 0.245. The number of nitro groups is 1. The fraction of sp³-hybridized carbons (Fsp3) is 0.0435. The summed E-state index contributed by atoms with van der Waals surface area (Å²) in [5, 5.41) is 15.4. The van der Waals surface area contributed by atoms with E-state index in [1.165, 1.54) is 30.3 Å².